The Morgan fingerprint density at radius 2 is 1.89 bits per heavy atom. The topological polar surface area (TPSA) is 26.3 Å². The van der Waals surface area contributed by atoms with E-state index in [9.17, 15) is 4.79 Å². The van der Waals surface area contributed by atoms with E-state index in [1.54, 1.807) is 18.2 Å². The SMILES string of the molecule is CC1(C)CC(C(=O)c2cccc(Cl)c2Cl)C(C)(C)O1. The van der Waals surface area contributed by atoms with Crippen LogP contribution < -0.4 is 0 Å². The number of hydrogen-bond donors (Lipinski definition) is 0. The molecule has 0 bridgehead atoms. The van der Waals surface area contributed by atoms with Crippen LogP contribution in [-0.2, 0) is 4.74 Å². The second-order valence-corrected chi connectivity index (χ2v) is 6.97. The molecule has 1 aliphatic heterocycles. The predicted molar refractivity (Wildman–Crippen MR) is 78.1 cm³/mol. The molecule has 1 unspecified atom stereocenters. The van der Waals surface area contributed by atoms with E-state index in [0.717, 1.165) is 0 Å². The lowest BCUT2D eigenvalue weighted by molar-refractivity contribution is -0.0712. The van der Waals surface area contributed by atoms with Crippen LogP contribution in [0.25, 0.3) is 0 Å². The van der Waals surface area contributed by atoms with E-state index < -0.39 is 5.60 Å². The molecule has 0 saturated carbocycles. The summed E-state index contributed by atoms with van der Waals surface area (Å²) in [4.78, 5) is 12.7. The van der Waals surface area contributed by atoms with Crippen molar-refractivity contribution in [1.82, 2.24) is 0 Å². The smallest absolute Gasteiger partial charge is 0.170 e. The number of halogens is 2. The Balaban J connectivity index is 2.37. The van der Waals surface area contributed by atoms with Gasteiger partial charge in [0.1, 0.15) is 0 Å². The summed E-state index contributed by atoms with van der Waals surface area (Å²) in [5.74, 6) is -0.207. The predicted octanol–water partition coefficient (Wildman–Crippen LogP) is 4.77. The van der Waals surface area contributed by atoms with Crippen molar-refractivity contribution >= 4 is 29.0 Å². The fourth-order valence-corrected chi connectivity index (χ4v) is 3.25. The summed E-state index contributed by atoms with van der Waals surface area (Å²) in [6.07, 6.45) is 0.682. The monoisotopic (exact) mass is 300 g/mol. The molecule has 1 atom stereocenters. The maximum atomic E-state index is 12.7. The number of Topliss-reactive ketones (excluding diaryl/α,β-unsaturated/α-hetero) is 1. The van der Waals surface area contributed by atoms with Crippen LogP contribution in [0.3, 0.4) is 0 Å². The van der Waals surface area contributed by atoms with Gasteiger partial charge >= 0.3 is 0 Å². The molecule has 2 nitrogen and oxygen atoms in total. The molecular weight excluding hydrogens is 283 g/mol. The van der Waals surface area contributed by atoms with Gasteiger partial charge in [-0.25, -0.2) is 0 Å². The summed E-state index contributed by atoms with van der Waals surface area (Å²) in [5, 5.41) is 0.734. The Morgan fingerprint density at radius 1 is 1.26 bits per heavy atom. The minimum Gasteiger partial charge on any atom is -0.369 e. The molecule has 0 spiro atoms. The molecule has 1 saturated heterocycles. The van der Waals surface area contributed by atoms with Crippen molar-refractivity contribution in [3.05, 3.63) is 33.8 Å². The van der Waals surface area contributed by atoms with Crippen LogP contribution in [0.1, 0.15) is 44.5 Å². The first-order valence-electron chi connectivity index (χ1n) is 6.32. The first-order chi connectivity index (χ1) is 8.64. The third kappa shape index (κ3) is 2.81. The molecule has 1 aromatic rings. The third-order valence-corrected chi connectivity index (χ3v) is 4.43. The number of benzene rings is 1. The van der Waals surface area contributed by atoms with Crippen molar-refractivity contribution in [2.24, 2.45) is 5.92 Å². The summed E-state index contributed by atoms with van der Waals surface area (Å²) in [7, 11) is 0. The van der Waals surface area contributed by atoms with Gasteiger partial charge < -0.3 is 4.74 Å². The highest BCUT2D eigenvalue weighted by atomic mass is 35.5. The molecule has 0 amide bonds. The van der Waals surface area contributed by atoms with Gasteiger partial charge in [-0.1, -0.05) is 29.3 Å². The van der Waals surface area contributed by atoms with Crippen LogP contribution >= 0.6 is 23.2 Å². The van der Waals surface area contributed by atoms with Crippen LogP contribution in [0.5, 0.6) is 0 Å². The van der Waals surface area contributed by atoms with Gasteiger partial charge in [0, 0.05) is 5.56 Å². The molecule has 4 heteroatoms. The molecule has 19 heavy (non-hydrogen) atoms. The van der Waals surface area contributed by atoms with Crippen molar-refractivity contribution in [3.63, 3.8) is 0 Å². The molecule has 1 fully saturated rings. The van der Waals surface area contributed by atoms with Crippen LogP contribution in [0.4, 0.5) is 0 Å². The lowest BCUT2D eigenvalue weighted by atomic mass is 9.81. The van der Waals surface area contributed by atoms with Gasteiger partial charge in [-0.2, -0.15) is 0 Å². The molecule has 104 valence electrons. The van der Waals surface area contributed by atoms with Crippen LogP contribution in [0.15, 0.2) is 18.2 Å². The third-order valence-electron chi connectivity index (χ3n) is 3.61. The van der Waals surface area contributed by atoms with E-state index in [2.05, 4.69) is 0 Å². The molecule has 0 aromatic heterocycles. The summed E-state index contributed by atoms with van der Waals surface area (Å²) in [6, 6.07) is 5.15. The largest absolute Gasteiger partial charge is 0.369 e. The molecule has 2 rings (SSSR count). The molecule has 1 heterocycles. The number of carbonyl (C=O) groups is 1. The van der Waals surface area contributed by atoms with E-state index in [1.807, 2.05) is 27.7 Å². The first kappa shape index (κ1) is 14.8. The van der Waals surface area contributed by atoms with E-state index in [0.29, 0.717) is 22.0 Å². The van der Waals surface area contributed by atoms with Gasteiger partial charge in [0.25, 0.3) is 0 Å². The van der Waals surface area contributed by atoms with Crippen molar-refractivity contribution in [2.45, 2.75) is 45.3 Å². The van der Waals surface area contributed by atoms with Crippen molar-refractivity contribution in [2.75, 3.05) is 0 Å². The number of hydrogen-bond acceptors (Lipinski definition) is 2. The Kier molecular flexibility index (Phi) is 3.72. The summed E-state index contributed by atoms with van der Waals surface area (Å²) < 4.78 is 5.96. The number of carbonyl (C=O) groups excluding carboxylic acids is 1. The van der Waals surface area contributed by atoms with Gasteiger partial charge in [0.15, 0.2) is 5.78 Å². The second-order valence-electron chi connectivity index (χ2n) is 6.19. The van der Waals surface area contributed by atoms with Gasteiger partial charge in [-0.05, 0) is 46.2 Å². The number of ether oxygens (including phenoxy) is 1. The van der Waals surface area contributed by atoms with E-state index in [4.69, 9.17) is 27.9 Å². The van der Waals surface area contributed by atoms with Crippen LogP contribution in [-0.4, -0.2) is 17.0 Å². The molecule has 0 N–H and O–H groups in total. The highest BCUT2D eigenvalue weighted by Crippen LogP contribution is 2.44. The van der Waals surface area contributed by atoms with Crippen molar-refractivity contribution < 1.29 is 9.53 Å². The Hall–Kier alpha value is -0.570. The van der Waals surface area contributed by atoms with Gasteiger partial charge in [0.2, 0.25) is 0 Å². The summed E-state index contributed by atoms with van der Waals surface area (Å²) in [6.45, 7) is 7.90. The fraction of sp³-hybridized carbons (Fsp3) is 0.533. The Morgan fingerprint density at radius 3 is 2.42 bits per heavy atom. The molecule has 0 aliphatic carbocycles. The second kappa shape index (κ2) is 4.76. The van der Waals surface area contributed by atoms with Crippen molar-refractivity contribution in [1.29, 1.82) is 0 Å². The highest BCUT2D eigenvalue weighted by Gasteiger charge is 2.49. The van der Waals surface area contributed by atoms with E-state index in [1.165, 1.54) is 0 Å². The fourth-order valence-electron chi connectivity index (χ4n) is 2.85. The first-order valence-corrected chi connectivity index (χ1v) is 7.08. The quantitative estimate of drug-likeness (QED) is 0.735. The van der Waals surface area contributed by atoms with E-state index in [-0.39, 0.29) is 17.3 Å². The molecule has 1 aliphatic rings. The Bertz CT molecular complexity index is 521. The molecule has 1 aromatic carbocycles. The minimum absolute atomic E-state index is 0.00285. The zero-order chi connectivity index (χ0) is 14.4. The highest BCUT2D eigenvalue weighted by molar-refractivity contribution is 6.44. The summed E-state index contributed by atoms with van der Waals surface area (Å²) >= 11 is 12.1. The Labute approximate surface area is 124 Å². The van der Waals surface area contributed by atoms with Gasteiger partial charge in [-0.3, -0.25) is 4.79 Å². The number of rotatable bonds is 2. The normalized spacial score (nSPS) is 24.4. The minimum atomic E-state index is -0.494. The van der Waals surface area contributed by atoms with Gasteiger partial charge in [0.05, 0.1) is 27.2 Å². The average Bonchev–Trinajstić information content (AvgIpc) is 2.50. The maximum absolute atomic E-state index is 12.7. The number of ketones is 1. The van der Waals surface area contributed by atoms with E-state index >= 15 is 0 Å². The van der Waals surface area contributed by atoms with Crippen LogP contribution in [0.2, 0.25) is 10.0 Å². The molecular formula is C15H18Cl2O2. The molecule has 0 radical (unpaired) electrons. The standard InChI is InChI=1S/C15H18Cl2O2/c1-14(2)8-10(15(3,4)19-14)13(18)9-6-5-7-11(16)12(9)17/h5-7,10H,8H2,1-4H3. The lowest BCUT2D eigenvalue weighted by Gasteiger charge is -2.26. The van der Waals surface area contributed by atoms with Crippen molar-refractivity contribution in [3.8, 4) is 0 Å². The average molecular weight is 301 g/mol. The zero-order valence-corrected chi connectivity index (χ0v) is 13.1. The summed E-state index contributed by atoms with van der Waals surface area (Å²) in [5.41, 5.74) is -0.310. The lowest BCUT2D eigenvalue weighted by Crippen LogP contribution is -2.34. The van der Waals surface area contributed by atoms with Gasteiger partial charge in [-0.15, -0.1) is 0 Å². The maximum Gasteiger partial charge on any atom is 0.170 e. The zero-order valence-electron chi connectivity index (χ0n) is 11.6. The van der Waals surface area contributed by atoms with Crippen LogP contribution in [0, 0.1) is 5.92 Å².